The van der Waals surface area contributed by atoms with E-state index in [0.717, 1.165) is 10.4 Å². The molecule has 0 atom stereocenters. The largest absolute Gasteiger partial charge is 0.492 e. The number of pyridine rings is 1. The van der Waals surface area contributed by atoms with E-state index in [2.05, 4.69) is 15.6 Å². The number of nitrogens with zero attached hydrogens (tertiary/aromatic N) is 2. The van der Waals surface area contributed by atoms with Gasteiger partial charge in [0.05, 0.1) is 0 Å². The lowest BCUT2D eigenvalue weighted by Gasteiger charge is -2.11. The van der Waals surface area contributed by atoms with Crippen molar-refractivity contribution in [1.29, 1.82) is 0 Å². The summed E-state index contributed by atoms with van der Waals surface area (Å²) in [5.41, 5.74) is 1.89. The van der Waals surface area contributed by atoms with E-state index >= 15 is 0 Å². The summed E-state index contributed by atoms with van der Waals surface area (Å²) in [6.45, 7) is 0.906. The average molecular weight is 426 g/mol. The van der Waals surface area contributed by atoms with Crippen molar-refractivity contribution in [2.24, 2.45) is 0 Å². The number of benzene rings is 1. The van der Waals surface area contributed by atoms with Crippen molar-refractivity contribution < 1.29 is 19.4 Å². The van der Waals surface area contributed by atoms with E-state index in [0.29, 0.717) is 17.8 Å². The van der Waals surface area contributed by atoms with Crippen LogP contribution in [0.4, 0.5) is 16.2 Å². The Morgan fingerprint density at radius 1 is 1.17 bits per heavy atom. The molecule has 0 saturated carbocycles. The van der Waals surface area contributed by atoms with E-state index in [9.17, 15) is 14.7 Å². The van der Waals surface area contributed by atoms with Crippen molar-refractivity contribution in [3.8, 4) is 16.3 Å². The number of nitrogens with one attached hydrogen (secondary N) is 2. The second-order valence-electron chi connectivity index (χ2n) is 6.67. The van der Waals surface area contributed by atoms with Gasteiger partial charge in [0.25, 0.3) is 5.91 Å². The molecule has 2 amide bonds. The fourth-order valence-corrected chi connectivity index (χ4v) is 3.21. The van der Waals surface area contributed by atoms with Gasteiger partial charge >= 0.3 is 6.09 Å². The van der Waals surface area contributed by atoms with Gasteiger partial charge in [-0.05, 0) is 55.9 Å². The third kappa shape index (κ3) is 5.79. The molecule has 2 heterocycles. The molecule has 0 spiro atoms. The van der Waals surface area contributed by atoms with Gasteiger partial charge < -0.3 is 20.1 Å². The minimum atomic E-state index is -0.560. The summed E-state index contributed by atoms with van der Waals surface area (Å²) < 4.78 is 5.06. The average Bonchev–Trinajstić information content (AvgIpc) is 3.24. The van der Waals surface area contributed by atoms with Gasteiger partial charge in [-0.1, -0.05) is 6.07 Å². The second kappa shape index (κ2) is 9.86. The van der Waals surface area contributed by atoms with E-state index in [1.807, 2.05) is 36.5 Å². The summed E-state index contributed by atoms with van der Waals surface area (Å²) in [7, 11) is 3.78. The predicted octanol–water partition coefficient (Wildman–Crippen LogP) is 3.88. The van der Waals surface area contributed by atoms with Gasteiger partial charge in [-0.3, -0.25) is 10.1 Å². The van der Waals surface area contributed by atoms with E-state index < -0.39 is 12.0 Å². The number of ether oxygens (including phenoxy) is 1. The van der Waals surface area contributed by atoms with Gasteiger partial charge in [-0.25, -0.2) is 9.78 Å². The van der Waals surface area contributed by atoms with Crippen LogP contribution in [-0.4, -0.2) is 54.2 Å². The lowest BCUT2D eigenvalue weighted by atomic mass is 10.1. The zero-order chi connectivity index (χ0) is 21.5. The van der Waals surface area contributed by atoms with Crippen LogP contribution in [0.3, 0.4) is 0 Å². The zero-order valence-corrected chi connectivity index (χ0v) is 17.4. The van der Waals surface area contributed by atoms with Crippen molar-refractivity contribution in [3.63, 3.8) is 0 Å². The number of carbonyl (C=O) groups is 2. The van der Waals surface area contributed by atoms with Crippen LogP contribution in [0, 0.1) is 0 Å². The van der Waals surface area contributed by atoms with Crippen LogP contribution in [0.25, 0.3) is 10.4 Å². The van der Waals surface area contributed by atoms with Crippen molar-refractivity contribution in [1.82, 2.24) is 9.88 Å². The van der Waals surface area contributed by atoms with Crippen LogP contribution < -0.4 is 10.6 Å². The van der Waals surface area contributed by atoms with Crippen LogP contribution in [0.2, 0.25) is 0 Å². The Bertz CT molecular complexity index is 1000. The molecule has 0 aliphatic carbocycles. The molecule has 0 aliphatic rings. The van der Waals surface area contributed by atoms with E-state index in [-0.39, 0.29) is 18.2 Å². The summed E-state index contributed by atoms with van der Waals surface area (Å²) in [6, 6.07) is 11.9. The van der Waals surface area contributed by atoms with Gasteiger partial charge in [0, 0.05) is 34.4 Å². The first kappa shape index (κ1) is 21.3. The molecule has 2 aromatic heterocycles. The monoisotopic (exact) mass is 426 g/mol. The van der Waals surface area contributed by atoms with E-state index in [1.54, 1.807) is 36.5 Å². The van der Waals surface area contributed by atoms with Gasteiger partial charge in [0.2, 0.25) is 5.88 Å². The maximum absolute atomic E-state index is 12.5. The number of aromatic nitrogens is 1. The number of hydrogen-bond acceptors (Lipinski definition) is 7. The number of anilines is 2. The molecule has 0 unspecified atom stereocenters. The highest BCUT2D eigenvalue weighted by atomic mass is 32.1. The number of amides is 2. The summed E-state index contributed by atoms with van der Waals surface area (Å²) in [5, 5.41) is 17.2. The van der Waals surface area contributed by atoms with Crippen LogP contribution in [0.15, 0.2) is 54.0 Å². The maximum Gasteiger partial charge on any atom is 0.411 e. The Kier molecular flexibility index (Phi) is 6.99. The van der Waals surface area contributed by atoms with Crippen molar-refractivity contribution >= 4 is 34.7 Å². The van der Waals surface area contributed by atoms with E-state index in [4.69, 9.17) is 4.74 Å². The summed E-state index contributed by atoms with van der Waals surface area (Å²) in [5.74, 6) is -0.669. The van der Waals surface area contributed by atoms with Crippen LogP contribution in [0.1, 0.15) is 10.4 Å². The molecule has 8 nitrogen and oxygen atoms in total. The first-order valence-electron chi connectivity index (χ1n) is 9.15. The molecule has 1 aromatic carbocycles. The number of thiophene rings is 1. The number of rotatable bonds is 7. The summed E-state index contributed by atoms with van der Waals surface area (Å²) in [4.78, 5) is 31.1. The molecule has 0 saturated heterocycles. The zero-order valence-electron chi connectivity index (χ0n) is 16.6. The number of carbonyl (C=O) groups excluding carboxylic acids is 2. The first-order chi connectivity index (χ1) is 14.4. The molecule has 3 rings (SSSR count). The fraction of sp³-hybridized carbons (Fsp3) is 0.190. The van der Waals surface area contributed by atoms with Gasteiger partial charge in [0.15, 0.2) is 0 Å². The molecule has 0 bridgehead atoms. The third-order valence-corrected chi connectivity index (χ3v) is 5.00. The molecule has 156 valence electrons. The highest BCUT2D eigenvalue weighted by molar-refractivity contribution is 7.13. The molecule has 9 heteroatoms. The minimum Gasteiger partial charge on any atom is -0.492 e. The second-order valence-corrected chi connectivity index (χ2v) is 7.62. The van der Waals surface area contributed by atoms with Gasteiger partial charge in [-0.15, -0.1) is 11.3 Å². The molecule has 0 fully saturated rings. The topological polar surface area (TPSA) is 104 Å². The Morgan fingerprint density at radius 2 is 1.93 bits per heavy atom. The minimum absolute atomic E-state index is 0.220. The molecular formula is C21H22N4O4S. The number of aromatic hydroxyl groups is 1. The third-order valence-electron chi connectivity index (χ3n) is 4.09. The smallest absolute Gasteiger partial charge is 0.411 e. The quantitative estimate of drug-likeness (QED) is 0.530. The number of likely N-dealkylation sites (N-methyl/N-ethyl adjacent to an activating group) is 1. The molecule has 3 N–H and O–H groups in total. The van der Waals surface area contributed by atoms with Gasteiger partial charge in [0.1, 0.15) is 12.3 Å². The SMILES string of the molecule is CN(C)CCOC(=O)Nc1ccc(C(=O)Nc2cc(-c3cccs3)cnc2O)cc1. The molecular weight excluding hydrogens is 404 g/mol. The summed E-state index contributed by atoms with van der Waals surface area (Å²) in [6.07, 6.45) is 0.991. The molecule has 30 heavy (non-hydrogen) atoms. The standard InChI is InChI=1S/C21H22N4O4S/c1-25(2)9-10-29-21(28)23-16-7-5-14(6-8-16)19(26)24-17-12-15(13-22-20(17)27)18-4-3-11-30-18/h3-8,11-13H,9-10H2,1-2H3,(H,22,27)(H,23,28)(H,24,26). The Labute approximate surface area is 178 Å². The Hall–Kier alpha value is -3.43. The first-order valence-corrected chi connectivity index (χ1v) is 10.0. The normalized spacial score (nSPS) is 10.6. The van der Waals surface area contributed by atoms with Crippen LogP contribution >= 0.6 is 11.3 Å². The maximum atomic E-state index is 12.5. The molecule has 3 aromatic rings. The van der Waals surface area contributed by atoms with Crippen molar-refractivity contribution in [2.45, 2.75) is 0 Å². The predicted molar refractivity (Wildman–Crippen MR) is 117 cm³/mol. The lowest BCUT2D eigenvalue weighted by molar-refractivity contribution is 0.102. The molecule has 0 aliphatic heterocycles. The van der Waals surface area contributed by atoms with Crippen molar-refractivity contribution in [2.75, 3.05) is 37.9 Å². The highest BCUT2D eigenvalue weighted by Crippen LogP contribution is 2.30. The van der Waals surface area contributed by atoms with Gasteiger partial charge in [-0.2, -0.15) is 0 Å². The van der Waals surface area contributed by atoms with E-state index in [1.165, 1.54) is 11.3 Å². The van der Waals surface area contributed by atoms with Crippen LogP contribution in [0.5, 0.6) is 5.88 Å². The summed E-state index contributed by atoms with van der Waals surface area (Å²) >= 11 is 1.54. The Balaban J connectivity index is 1.61. The number of hydrogen-bond donors (Lipinski definition) is 3. The molecule has 0 radical (unpaired) electrons. The van der Waals surface area contributed by atoms with Crippen LogP contribution in [-0.2, 0) is 4.74 Å². The van der Waals surface area contributed by atoms with Crippen molar-refractivity contribution in [3.05, 3.63) is 59.6 Å². The highest BCUT2D eigenvalue weighted by Gasteiger charge is 2.12. The lowest BCUT2D eigenvalue weighted by Crippen LogP contribution is -2.22. The fourth-order valence-electron chi connectivity index (χ4n) is 2.50. The Morgan fingerprint density at radius 3 is 2.60 bits per heavy atom.